The molecule has 2 aromatic rings. The standard InChI is InChI=1S/C25H34N2.ClH/c1-18-8-5-10-20-14-16-26(3)22(24(18)20)12-7-13-23-25-19(2)9-6-11-21(25)15-17-27(23)4;/h5-6,8-11,22-23H,7,12-17H2,1-4H3;1H. The molecule has 0 spiro atoms. The van der Waals surface area contributed by atoms with Crippen LogP contribution in [0.5, 0.6) is 0 Å². The minimum Gasteiger partial charge on any atom is -0.299 e. The zero-order chi connectivity index (χ0) is 19.0. The first kappa shape index (κ1) is 21.4. The molecule has 0 aliphatic carbocycles. The Morgan fingerprint density at radius 3 is 1.61 bits per heavy atom. The van der Waals surface area contributed by atoms with Gasteiger partial charge >= 0.3 is 0 Å². The van der Waals surface area contributed by atoms with Crippen molar-refractivity contribution < 1.29 is 0 Å². The summed E-state index contributed by atoms with van der Waals surface area (Å²) in [6.07, 6.45) is 6.20. The summed E-state index contributed by atoms with van der Waals surface area (Å²) in [4.78, 5) is 5.16. The van der Waals surface area contributed by atoms with Crippen molar-refractivity contribution in [3.63, 3.8) is 0 Å². The normalized spacial score (nSPS) is 22.3. The number of hydrogen-bond acceptors (Lipinski definition) is 2. The van der Waals surface area contributed by atoms with E-state index < -0.39 is 0 Å². The van der Waals surface area contributed by atoms with Crippen LogP contribution in [0.3, 0.4) is 0 Å². The molecule has 2 nitrogen and oxygen atoms in total. The number of fused-ring (bicyclic) bond motifs is 2. The molecule has 2 unspecified atom stereocenters. The Morgan fingerprint density at radius 2 is 1.18 bits per heavy atom. The molecule has 2 heterocycles. The van der Waals surface area contributed by atoms with Gasteiger partial charge in [-0.2, -0.15) is 0 Å². The highest BCUT2D eigenvalue weighted by Crippen LogP contribution is 2.38. The summed E-state index contributed by atoms with van der Waals surface area (Å²) in [5, 5.41) is 0. The van der Waals surface area contributed by atoms with E-state index in [-0.39, 0.29) is 12.4 Å². The summed E-state index contributed by atoms with van der Waals surface area (Å²) >= 11 is 0. The number of hydrogen-bond donors (Lipinski definition) is 0. The molecular weight excluding hydrogens is 364 g/mol. The lowest BCUT2D eigenvalue weighted by molar-refractivity contribution is 0.188. The van der Waals surface area contributed by atoms with Crippen molar-refractivity contribution in [1.29, 1.82) is 0 Å². The summed E-state index contributed by atoms with van der Waals surface area (Å²) in [6, 6.07) is 14.9. The van der Waals surface area contributed by atoms with Crippen molar-refractivity contribution in [1.82, 2.24) is 9.80 Å². The van der Waals surface area contributed by atoms with Gasteiger partial charge in [0.05, 0.1) is 0 Å². The molecule has 0 amide bonds. The van der Waals surface area contributed by atoms with Crippen LogP contribution in [0, 0.1) is 13.8 Å². The SMILES string of the molecule is Cc1cccc2c1C(CCCC1c3c(C)cccc3CCN1C)N(C)CC2.Cl. The van der Waals surface area contributed by atoms with Crippen LogP contribution in [0.15, 0.2) is 36.4 Å². The van der Waals surface area contributed by atoms with Crippen molar-refractivity contribution in [2.24, 2.45) is 0 Å². The molecule has 3 heteroatoms. The highest BCUT2D eigenvalue weighted by Gasteiger charge is 2.28. The van der Waals surface area contributed by atoms with Gasteiger partial charge in [-0.25, -0.2) is 0 Å². The van der Waals surface area contributed by atoms with Crippen LogP contribution in [0.25, 0.3) is 0 Å². The molecule has 0 radical (unpaired) electrons. The lowest BCUT2D eigenvalue weighted by atomic mass is 9.84. The van der Waals surface area contributed by atoms with Crippen LogP contribution >= 0.6 is 12.4 Å². The number of likely N-dealkylation sites (N-methyl/N-ethyl adjacent to an activating group) is 2. The maximum atomic E-state index is 2.58. The molecule has 2 aromatic carbocycles. The number of nitrogens with zero attached hydrogens (tertiary/aromatic N) is 2. The third-order valence-electron chi connectivity index (χ3n) is 6.98. The van der Waals surface area contributed by atoms with E-state index in [9.17, 15) is 0 Å². The fraction of sp³-hybridized carbons (Fsp3) is 0.520. The molecule has 0 aromatic heterocycles. The Kier molecular flexibility index (Phi) is 6.85. The van der Waals surface area contributed by atoms with Gasteiger partial charge in [0, 0.05) is 25.2 Å². The van der Waals surface area contributed by atoms with Crippen molar-refractivity contribution in [3.05, 3.63) is 69.8 Å². The van der Waals surface area contributed by atoms with E-state index >= 15 is 0 Å². The van der Waals surface area contributed by atoms with Gasteiger partial charge < -0.3 is 0 Å². The largest absolute Gasteiger partial charge is 0.299 e. The maximum Gasteiger partial charge on any atom is 0.0350 e. The molecule has 2 aliphatic heterocycles. The second kappa shape index (κ2) is 8.98. The Hall–Kier alpha value is -1.35. The second-order valence-electron chi connectivity index (χ2n) is 8.72. The van der Waals surface area contributed by atoms with Crippen LogP contribution in [0.2, 0.25) is 0 Å². The Balaban J connectivity index is 0.00000225. The maximum absolute atomic E-state index is 2.58. The second-order valence-corrected chi connectivity index (χ2v) is 8.72. The molecule has 0 saturated carbocycles. The Labute approximate surface area is 177 Å². The van der Waals surface area contributed by atoms with Crippen molar-refractivity contribution in [3.8, 4) is 0 Å². The average molecular weight is 399 g/mol. The molecule has 2 aliphatic rings. The molecule has 0 bridgehead atoms. The van der Waals surface area contributed by atoms with Gasteiger partial charge in [0.15, 0.2) is 0 Å². The summed E-state index contributed by atoms with van der Waals surface area (Å²) < 4.78 is 0. The van der Waals surface area contributed by atoms with E-state index in [0.29, 0.717) is 12.1 Å². The van der Waals surface area contributed by atoms with Gasteiger partial charge in [-0.3, -0.25) is 9.80 Å². The van der Waals surface area contributed by atoms with Crippen LogP contribution in [-0.2, 0) is 12.8 Å². The van der Waals surface area contributed by atoms with E-state index in [1.807, 2.05) is 0 Å². The molecule has 2 atom stereocenters. The number of benzene rings is 2. The number of rotatable bonds is 4. The minimum absolute atomic E-state index is 0. The quantitative estimate of drug-likeness (QED) is 0.656. The van der Waals surface area contributed by atoms with Gasteiger partial charge in [-0.05, 0) is 93.4 Å². The smallest absolute Gasteiger partial charge is 0.0350 e. The van der Waals surface area contributed by atoms with Crippen LogP contribution in [0.4, 0.5) is 0 Å². The molecule has 0 saturated heterocycles. The zero-order valence-corrected chi connectivity index (χ0v) is 18.7. The zero-order valence-electron chi connectivity index (χ0n) is 17.9. The van der Waals surface area contributed by atoms with Gasteiger partial charge in [0.1, 0.15) is 0 Å². The summed E-state index contributed by atoms with van der Waals surface area (Å²) in [5.41, 5.74) is 9.32. The van der Waals surface area contributed by atoms with Gasteiger partial charge in [-0.1, -0.05) is 36.4 Å². The molecule has 0 fully saturated rings. The van der Waals surface area contributed by atoms with Crippen LogP contribution < -0.4 is 0 Å². The van der Waals surface area contributed by atoms with Gasteiger partial charge in [0.2, 0.25) is 0 Å². The highest BCUT2D eigenvalue weighted by atomic mass is 35.5. The first-order chi connectivity index (χ1) is 13.1. The minimum atomic E-state index is 0. The fourth-order valence-corrected chi connectivity index (χ4v) is 5.45. The lowest BCUT2D eigenvalue weighted by Gasteiger charge is -2.38. The molecule has 152 valence electrons. The number of aryl methyl sites for hydroxylation is 2. The van der Waals surface area contributed by atoms with Crippen molar-refractivity contribution >= 4 is 12.4 Å². The summed E-state index contributed by atoms with van der Waals surface area (Å²) in [7, 11) is 4.62. The fourth-order valence-electron chi connectivity index (χ4n) is 5.45. The molecule has 0 N–H and O–H groups in total. The summed E-state index contributed by atoms with van der Waals surface area (Å²) in [5.74, 6) is 0. The third-order valence-corrected chi connectivity index (χ3v) is 6.98. The topological polar surface area (TPSA) is 6.48 Å². The van der Waals surface area contributed by atoms with Gasteiger partial charge in [0.25, 0.3) is 0 Å². The van der Waals surface area contributed by atoms with Crippen molar-refractivity contribution in [2.45, 2.75) is 58.0 Å². The first-order valence-corrected chi connectivity index (χ1v) is 10.6. The van der Waals surface area contributed by atoms with Crippen LogP contribution in [0.1, 0.15) is 64.7 Å². The van der Waals surface area contributed by atoms with E-state index in [1.54, 1.807) is 22.3 Å². The van der Waals surface area contributed by atoms with E-state index in [2.05, 4.69) is 74.1 Å². The predicted molar refractivity (Wildman–Crippen MR) is 122 cm³/mol. The molecule has 4 rings (SSSR count). The van der Waals surface area contributed by atoms with E-state index in [0.717, 1.165) is 0 Å². The lowest BCUT2D eigenvalue weighted by Crippen LogP contribution is -2.34. The van der Waals surface area contributed by atoms with Gasteiger partial charge in [-0.15, -0.1) is 12.4 Å². The number of halogens is 1. The monoisotopic (exact) mass is 398 g/mol. The van der Waals surface area contributed by atoms with E-state index in [1.165, 1.54) is 56.3 Å². The van der Waals surface area contributed by atoms with E-state index in [4.69, 9.17) is 0 Å². The Bertz CT molecular complexity index is 749. The molecular formula is C25H35ClN2. The first-order valence-electron chi connectivity index (χ1n) is 10.6. The highest BCUT2D eigenvalue weighted by molar-refractivity contribution is 5.85. The average Bonchev–Trinajstić information content (AvgIpc) is 2.65. The Morgan fingerprint density at radius 1 is 0.750 bits per heavy atom. The van der Waals surface area contributed by atoms with Crippen molar-refractivity contribution in [2.75, 3.05) is 27.2 Å². The predicted octanol–water partition coefficient (Wildman–Crippen LogP) is 5.65. The van der Waals surface area contributed by atoms with Crippen LogP contribution in [-0.4, -0.2) is 37.0 Å². The third kappa shape index (κ3) is 4.01. The molecule has 28 heavy (non-hydrogen) atoms. The summed E-state index contributed by atoms with van der Waals surface area (Å²) in [6.45, 7) is 6.96.